The van der Waals surface area contributed by atoms with E-state index in [-0.39, 0.29) is 91.8 Å². The van der Waals surface area contributed by atoms with Crippen LogP contribution in [0.15, 0.2) is 97.2 Å². The number of carbonyl (C=O) groups excluding carboxylic acids is 8. The molecule has 2 unspecified atom stereocenters. The van der Waals surface area contributed by atoms with Crippen molar-refractivity contribution in [2.45, 2.75) is 155 Å². The predicted octanol–water partition coefficient (Wildman–Crippen LogP) is 9.04. The van der Waals surface area contributed by atoms with E-state index >= 15 is 0 Å². The number of para-hydroxylation sites is 1. The van der Waals surface area contributed by atoms with Crippen LogP contribution in [0.25, 0.3) is 21.3 Å². The van der Waals surface area contributed by atoms with Crippen LogP contribution in [-0.4, -0.2) is 146 Å². The molecule has 98 heavy (non-hydrogen) atoms. The van der Waals surface area contributed by atoms with Gasteiger partial charge in [-0.15, -0.1) is 0 Å². The number of carbonyl (C=O) groups is 9. The Hall–Kier alpha value is -9.56. The lowest BCUT2D eigenvalue weighted by molar-refractivity contribution is -0.248. The molecule has 0 saturated heterocycles. The van der Waals surface area contributed by atoms with Crippen molar-refractivity contribution in [3.8, 4) is 11.1 Å². The Morgan fingerprint density at radius 3 is 2.26 bits per heavy atom. The molecule has 518 valence electrons. The highest BCUT2D eigenvalue weighted by Gasteiger charge is 2.66. The number of imide groups is 1. The average molecular weight is 1360 g/mol. The van der Waals surface area contributed by atoms with Crippen LogP contribution in [-0.2, 0) is 59.6 Å². The molecule has 0 spiro atoms. The minimum Gasteiger partial charge on any atom is -0.476 e. The Morgan fingerprint density at radius 1 is 0.827 bits per heavy atom. The van der Waals surface area contributed by atoms with Gasteiger partial charge in [-0.25, -0.2) is 24.4 Å². The van der Waals surface area contributed by atoms with Crippen molar-refractivity contribution in [3.05, 3.63) is 131 Å². The number of fused-ring (bicyclic) bond motifs is 2. The second-order valence-corrected chi connectivity index (χ2v) is 29.4. The smallest absolute Gasteiger partial charge is 0.409 e. The van der Waals surface area contributed by atoms with Gasteiger partial charge in [0.2, 0.25) is 11.8 Å². The first kappa shape index (κ1) is 69.8. The van der Waals surface area contributed by atoms with Gasteiger partial charge in [0, 0.05) is 93.0 Å². The topological polar surface area (TPSA) is 337 Å². The molecule has 8 N–H and O–H groups in total. The van der Waals surface area contributed by atoms with E-state index in [1.807, 2.05) is 65.0 Å². The third kappa shape index (κ3) is 15.6. The number of carboxylic acids is 1. The molecule has 9 amide bonds. The van der Waals surface area contributed by atoms with Crippen molar-refractivity contribution in [3.63, 3.8) is 0 Å². The maximum atomic E-state index is 14.7. The zero-order valence-corrected chi connectivity index (χ0v) is 57.2. The van der Waals surface area contributed by atoms with E-state index in [9.17, 15) is 48.3 Å². The number of anilines is 3. The van der Waals surface area contributed by atoms with Crippen LogP contribution in [0.3, 0.4) is 0 Å². The number of aromatic nitrogens is 4. The van der Waals surface area contributed by atoms with Gasteiger partial charge in [0.05, 0.1) is 28.6 Å². The minimum atomic E-state index is -1.20. The van der Waals surface area contributed by atoms with E-state index in [1.54, 1.807) is 57.4 Å². The number of aromatic carboxylic acids is 1. The number of hydrogen-bond acceptors (Lipinski definition) is 16. The quantitative estimate of drug-likeness (QED) is 0.0188. The second-order valence-electron chi connectivity index (χ2n) is 28.4. The molecule has 12 rings (SSSR count). The third-order valence-electron chi connectivity index (χ3n) is 20.0. The van der Waals surface area contributed by atoms with Crippen molar-refractivity contribution in [2.75, 3.05) is 55.0 Å². The molecular weight excluding hydrogens is 1270 g/mol. The summed E-state index contributed by atoms with van der Waals surface area (Å²) in [6, 6.07) is 20.6. The number of urea groups is 1. The summed E-state index contributed by atoms with van der Waals surface area (Å²) in [7, 11) is 1.66. The number of primary amides is 2. The molecule has 4 bridgehead atoms. The fourth-order valence-corrected chi connectivity index (χ4v) is 17.4. The third-order valence-corrected chi connectivity index (χ3v) is 20.9. The Labute approximate surface area is 573 Å². The number of nitrogens with two attached hydrogens (primary N) is 2. The molecule has 4 saturated carbocycles. The summed E-state index contributed by atoms with van der Waals surface area (Å²) in [5, 5.41) is 24.5. The van der Waals surface area contributed by atoms with Gasteiger partial charge in [0.1, 0.15) is 24.5 Å². The largest absolute Gasteiger partial charge is 0.476 e. The van der Waals surface area contributed by atoms with Gasteiger partial charge in [-0.05, 0) is 159 Å². The monoisotopic (exact) mass is 1360 g/mol. The standard InChI is InChI=1S/C72H87N13O12S/c1-44(2)60(79-57(86)19-8-7-11-30-83-58(87)26-27-59(83)88)64(91)85(54(62(73)89)17-13-29-75-66(74)94)48-22-20-46(21-23-48)36-96-68(95)81(6)32-33-97-72-40-69(4)37-70(5,41-72)39-71(38-69,42-72)43-84-45(3)51(34-76-84)49-24-25-56(78-61(49)65(92)93)82-31-28-47-14-12-15-50(52(47)35-82)63(90)80-67-77-53-16-9-10-18-55(53)98-67/h9-10,12,14-16,18,20-27,34,44,54,60H,7-8,11,13,17,19,28-33,35-43H2,1-6H3,(H2,73,89)(H,79,86)(H,92,93)(H3,74,75,94)(H,77,80,90)/t54-,60-,69?,70?,71?,72?/m0/s1. The first-order valence-corrected chi connectivity index (χ1v) is 34.4. The maximum absolute atomic E-state index is 14.7. The second kappa shape index (κ2) is 28.9. The number of carboxylic acid groups (broad SMARTS) is 1. The summed E-state index contributed by atoms with van der Waals surface area (Å²) in [4.78, 5) is 133. The summed E-state index contributed by atoms with van der Waals surface area (Å²) >= 11 is 1.41. The number of amides is 9. The molecule has 26 heteroatoms. The van der Waals surface area contributed by atoms with Crippen LogP contribution >= 0.6 is 11.3 Å². The molecule has 3 aromatic carbocycles. The van der Waals surface area contributed by atoms with Gasteiger partial charge in [-0.2, -0.15) is 5.10 Å². The molecule has 5 heterocycles. The molecule has 4 fully saturated rings. The molecule has 6 aromatic rings. The highest BCUT2D eigenvalue weighted by molar-refractivity contribution is 7.22. The number of likely N-dealkylation sites (N-methyl/N-ethyl adjacent to an activating group) is 1. The summed E-state index contributed by atoms with van der Waals surface area (Å²) in [6.07, 6.45) is 11.7. The molecule has 25 nitrogen and oxygen atoms in total. The average Bonchev–Trinajstić information content (AvgIpc) is 0.932. The molecule has 3 aromatic heterocycles. The lowest BCUT2D eigenvalue weighted by atomic mass is 9.39. The van der Waals surface area contributed by atoms with E-state index in [0.717, 1.165) is 70.5 Å². The Morgan fingerprint density at radius 2 is 1.56 bits per heavy atom. The number of pyridine rings is 1. The van der Waals surface area contributed by atoms with Crippen molar-refractivity contribution in [1.82, 2.24) is 40.2 Å². The van der Waals surface area contributed by atoms with E-state index in [4.69, 9.17) is 31.0 Å². The Kier molecular flexibility index (Phi) is 20.6. The van der Waals surface area contributed by atoms with E-state index in [0.29, 0.717) is 84.2 Å². The number of hydrogen-bond donors (Lipinski definition) is 6. The number of thiazole rings is 1. The van der Waals surface area contributed by atoms with Gasteiger partial charge in [-0.1, -0.05) is 81.9 Å². The number of nitrogens with one attached hydrogen (secondary N) is 3. The van der Waals surface area contributed by atoms with Gasteiger partial charge in [-0.3, -0.25) is 48.6 Å². The van der Waals surface area contributed by atoms with Crippen molar-refractivity contribution < 1.29 is 57.7 Å². The number of rotatable bonds is 29. The summed E-state index contributed by atoms with van der Waals surface area (Å²) in [5.74, 6) is -3.91. The van der Waals surface area contributed by atoms with Gasteiger partial charge >= 0.3 is 18.1 Å². The fourth-order valence-electron chi connectivity index (χ4n) is 16.6. The molecule has 2 aliphatic heterocycles. The van der Waals surface area contributed by atoms with Gasteiger partial charge < -0.3 is 46.5 Å². The van der Waals surface area contributed by atoms with Crippen LogP contribution in [0, 0.1) is 29.1 Å². The Balaban J connectivity index is 0.705. The molecule has 6 aliphatic rings. The summed E-state index contributed by atoms with van der Waals surface area (Å²) in [5.41, 5.74) is 16.6. The molecular formula is C72H87N13O12S. The predicted molar refractivity (Wildman–Crippen MR) is 369 cm³/mol. The van der Waals surface area contributed by atoms with Crippen molar-refractivity contribution in [2.24, 2.45) is 33.6 Å². The number of benzene rings is 3. The zero-order chi connectivity index (χ0) is 69.8. The van der Waals surface area contributed by atoms with Crippen LogP contribution < -0.4 is 37.2 Å². The lowest BCUT2D eigenvalue weighted by Gasteiger charge is -2.69. The molecule has 4 aliphatic carbocycles. The number of nitrogens with zero attached hydrogens (tertiary/aromatic N) is 8. The van der Waals surface area contributed by atoms with Crippen LogP contribution in [0.4, 0.5) is 26.2 Å². The lowest BCUT2D eigenvalue weighted by Crippen LogP contribution is -2.64. The highest BCUT2D eigenvalue weighted by Crippen LogP contribution is 2.72. The minimum absolute atomic E-state index is 0.0109. The first-order chi connectivity index (χ1) is 46.7. The van der Waals surface area contributed by atoms with Crippen molar-refractivity contribution in [1.29, 1.82) is 0 Å². The number of ether oxygens (including phenoxy) is 2. The van der Waals surface area contributed by atoms with Crippen LogP contribution in [0.2, 0.25) is 0 Å². The molecule has 4 atom stereocenters. The van der Waals surface area contributed by atoms with E-state index < -0.39 is 59.4 Å². The molecule has 0 radical (unpaired) electrons. The van der Waals surface area contributed by atoms with Crippen LogP contribution in [0.5, 0.6) is 0 Å². The van der Waals surface area contributed by atoms with Gasteiger partial charge in [0.25, 0.3) is 23.6 Å². The first-order valence-electron chi connectivity index (χ1n) is 33.6. The maximum Gasteiger partial charge on any atom is 0.409 e. The van der Waals surface area contributed by atoms with Gasteiger partial charge in [0.15, 0.2) is 10.8 Å². The summed E-state index contributed by atoms with van der Waals surface area (Å²) in [6.45, 7) is 12.5. The summed E-state index contributed by atoms with van der Waals surface area (Å²) < 4.78 is 15.8. The fraction of sp³-hybridized carbons (Fsp3) is 0.472. The Bertz CT molecular complexity index is 4040. The van der Waals surface area contributed by atoms with Crippen molar-refractivity contribution >= 4 is 91.7 Å². The van der Waals surface area contributed by atoms with Crippen LogP contribution in [0.1, 0.15) is 148 Å². The highest BCUT2D eigenvalue weighted by atomic mass is 32.1. The number of unbranched alkanes of at least 4 members (excludes halogenated alkanes) is 2. The SMILES string of the molecule is Cc1c(-c2ccc(N3CCc4cccc(C(=O)Nc5nc6ccccc6s5)c4C3)nc2C(=O)O)cnn1CC12CC3(C)CC(C)(C1)CC(OCCN(C)C(=O)OCc1ccc(N(C(=O)[C@@H](NC(=O)CCCCCN4C(=O)C=CC4=O)C(C)C)[C@@H](CCCNC(N)=O)C(N)=O)cc1)(C3)C2. The van der Waals surface area contributed by atoms with E-state index in [2.05, 4.69) is 34.8 Å². The zero-order valence-electron chi connectivity index (χ0n) is 56.4. The van der Waals surface area contributed by atoms with E-state index in [1.165, 1.54) is 33.3 Å². The normalized spacial score (nSPS) is 21.3.